The van der Waals surface area contributed by atoms with E-state index >= 15 is 0 Å². The molecule has 3 aromatic carbocycles. The number of para-hydroxylation sites is 1. The maximum atomic E-state index is 13.9. The number of aromatic nitrogens is 3. The number of aryl methyl sites for hydroxylation is 1. The van der Waals surface area contributed by atoms with Crippen molar-refractivity contribution >= 4 is 29.3 Å². The van der Waals surface area contributed by atoms with Crippen molar-refractivity contribution in [3.05, 3.63) is 94.7 Å². The maximum Gasteiger partial charge on any atom is 0.255 e. The number of nitrogens with zero attached hydrogens (tertiary/aromatic N) is 3. The molecule has 0 spiro atoms. The summed E-state index contributed by atoms with van der Waals surface area (Å²) < 4.78 is 18.4. The first kappa shape index (κ1) is 27.1. The number of nitrogens with one attached hydrogen (secondary N) is 2. The van der Waals surface area contributed by atoms with E-state index in [0.717, 1.165) is 11.3 Å². The van der Waals surface area contributed by atoms with Crippen molar-refractivity contribution < 1.29 is 19.0 Å². The van der Waals surface area contributed by atoms with Crippen molar-refractivity contribution in [2.45, 2.75) is 30.8 Å². The van der Waals surface area contributed by atoms with E-state index in [0.29, 0.717) is 45.3 Å². The van der Waals surface area contributed by atoms with E-state index in [9.17, 15) is 4.79 Å². The van der Waals surface area contributed by atoms with Crippen molar-refractivity contribution in [1.82, 2.24) is 14.8 Å². The molecule has 40 heavy (non-hydrogen) atoms. The van der Waals surface area contributed by atoms with Crippen LogP contribution >= 0.6 is 11.8 Å². The number of allylic oxidation sites excluding steroid dienone is 1. The van der Waals surface area contributed by atoms with Crippen LogP contribution in [0.4, 0.5) is 11.6 Å². The van der Waals surface area contributed by atoms with E-state index in [1.807, 2.05) is 37.3 Å². The lowest BCUT2D eigenvalue weighted by atomic mass is 9.94. The van der Waals surface area contributed by atoms with Crippen LogP contribution in [0.15, 0.2) is 83.2 Å². The highest BCUT2D eigenvalue weighted by Crippen LogP contribution is 2.43. The predicted molar refractivity (Wildman–Crippen MR) is 156 cm³/mol. The fourth-order valence-electron chi connectivity index (χ4n) is 4.69. The second-order valence-electron chi connectivity index (χ2n) is 9.21. The smallest absolute Gasteiger partial charge is 0.255 e. The quantitative estimate of drug-likeness (QED) is 0.248. The largest absolute Gasteiger partial charge is 0.497 e. The Morgan fingerprint density at radius 3 is 2.45 bits per heavy atom. The summed E-state index contributed by atoms with van der Waals surface area (Å²) in [6, 6.07) is 20.4. The molecular weight excluding hydrogens is 526 g/mol. The minimum Gasteiger partial charge on any atom is -0.497 e. The number of carbonyl (C=O) groups excluding carboxylic acids is 1. The van der Waals surface area contributed by atoms with Gasteiger partial charge in [0.05, 0.1) is 26.9 Å². The number of rotatable bonds is 9. The summed E-state index contributed by atoms with van der Waals surface area (Å²) in [6.45, 7) is 3.95. The van der Waals surface area contributed by atoms with Gasteiger partial charge in [0.2, 0.25) is 11.1 Å². The Labute approximate surface area is 237 Å². The molecule has 4 aromatic rings. The maximum absolute atomic E-state index is 13.9. The molecule has 10 heteroatoms. The van der Waals surface area contributed by atoms with Gasteiger partial charge < -0.3 is 24.8 Å². The molecule has 9 nitrogen and oxygen atoms in total. The van der Waals surface area contributed by atoms with Crippen LogP contribution in [0.5, 0.6) is 17.2 Å². The summed E-state index contributed by atoms with van der Waals surface area (Å²) in [5, 5.41) is 11.8. The number of benzene rings is 3. The lowest BCUT2D eigenvalue weighted by Crippen LogP contribution is -2.31. The molecule has 0 unspecified atom stereocenters. The highest BCUT2D eigenvalue weighted by molar-refractivity contribution is 7.98. The van der Waals surface area contributed by atoms with Gasteiger partial charge in [-0.1, -0.05) is 48.2 Å². The van der Waals surface area contributed by atoms with E-state index < -0.39 is 6.04 Å². The van der Waals surface area contributed by atoms with Crippen molar-refractivity contribution in [2.24, 2.45) is 0 Å². The average Bonchev–Trinajstić information content (AvgIpc) is 3.38. The number of hydrogen-bond acceptors (Lipinski definition) is 8. The summed E-state index contributed by atoms with van der Waals surface area (Å²) in [5.74, 6) is 2.77. The van der Waals surface area contributed by atoms with Gasteiger partial charge in [0.25, 0.3) is 5.91 Å². The highest BCUT2D eigenvalue weighted by atomic mass is 32.2. The van der Waals surface area contributed by atoms with Gasteiger partial charge in [-0.25, -0.2) is 4.68 Å². The zero-order chi connectivity index (χ0) is 28.2. The minimum absolute atomic E-state index is 0.277. The minimum atomic E-state index is -0.625. The molecule has 1 aliphatic rings. The third-order valence-corrected chi connectivity index (χ3v) is 7.66. The van der Waals surface area contributed by atoms with E-state index in [-0.39, 0.29) is 5.91 Å². The van der Waals surface area contributed by atoms with E-state index in [4.69, 9.17) is 24.3 Å². The number of thioether (sulfide) groups is 1. The average molecular weight is 558 g/mol. The van der Waals surface area contributed by atoms with E-state index in [1.165, 1.54) is 11.1 Å². The number of fused-ring (bicyclic) bond motifs is 1. The van der Waals surface area contributed by atoms with Crippen LogP contribution in [0, 0.1) is 6.92 Å². The van der Waals surface area contributed by atoms with Gasteiger partial charge in [-0.3, -0.25) is 4.79 Å². The molecule has 206 valence electrons. The lowest BCUT2D eigenvalue weighted by Gasteiger charge is -2.29. The SMILES string of the molecule is COc1ccc(NC(=O)C2=C(C)Nc3nc(SCc4ccccc4C)nn3[C@H]2c2cccc(OC)c2OC)cc1. The summed E-state index contributed by atoms with van der Waals surface area (Å²) >= 11 is 1.54. The number of carbonyl (C=O) groups is 1. The van der Waals surface area contributed by atoms with Gasteiger partial charge in [-0.15, -0.1) is 5.10 Å². The molecule has 0 radical (unpaired) electrons. The Hall–Kier alpha value is -4.44. The number of hydrogen-bond donors (Lipinski definition) is 2. The predicted octanol–water partition coefficient (Wildman–Crippen LogP) is 5.83. The van der Waals surface area contributed by atoms with Crippen LogP contribution < -0.4 is 24.8 Å². The van der Waals surface area contributed by atoms with Crippen LogP contribution in [-0.4, -0.2) is 42.0 Å². The molecule has 0 bridgehead atoms. The van der Waals surface area contributed by atoms with Gasteiger partial charge in [0, 0.05) is 22.7 Å². The number of anilines is 2. The van der Waals surface area contributed by atoms with Crippen molar-refractivity contribution in [2.75, 3.05) is 32.0 Å². The van der Waals surface area contributed by atoms with E-state index in [1.54, 1.807) is 62.0 Å². The number of amides is 1. The first-order chi connectivity index (χ1) is 19.4. The Kier molecular flexibility index (Phi) is 7.97. The highest BCUT2D eigenvalue weighted by Gasteiger charge is 2.36. The van der Waals surface area contributed by atoms with Gasteiger partial charge in [-0.05, 0) is 55.3 Å². The Morgan fingerprint density at radius 1 is 0.975 bits per heavy atom. The second kappa shape index (κ2) is 11.7. The van der Waals surface area contributed by atoms with Gasteiger partial charge in [0.1, 0.15) is 11.8 Å². The number of methoxy groups -OCH3 is 3. The molecule has 0 fully saturated rings. The summed E-state index contributed by atoms with van der Waals surface area (Å²) in [6.07, 6.45) is 0. The summed E-state index contributed by atoms with van der Waals surface area (Å²) in [5.41, 5.74) is 4.94. The Morgan fingerprint density at radius 2 is 1.75 bits per heavy atom. The fraction of sp³-hybridized carbons (Fsp3) is 0.233. The summed E-state index contributed by atoms with van der Waals surface area (Å²) in [4.78, 5) is 18.6. The standard InChI is InChI=1S/C30H31N5O4S/c1-18-9-6-7-10-20(18)17-40-30-33-29-31-19(2)25(28(36)32-21-13-15-22(37-3)16-14-21)26(35(29)34-30)23-11-8-12-24(38-4)27(23)39-5/h6-16,26H,17H2,1-5H3,(H,32,36)(H,31,33,34)/t26-/m0/s1. The first-order valence-electron chi connectivity index (χ1n) is 12.7. The lowest BCUT2D eigenvalue weighted by molar-refractivity contribution is -0.113. The normalized spacial score (nSPS) is 14.3. The molecule has 1 aliphatic heterocycles. The van der Waals surface area contributed by atoms with Crippen LogP contribution in [0.3, 0.4) is 0 Å². The fourth-order valence-corrected chi connectivity index (χ4v) is 5.59. The first-order valence-corrected chi connectivity index (χ1v) is 13.7. The molecule has 2 heterocycles. The van der Waals surface area contributed by atoms with Crippen LogP contribution in [-0.2, 0) is 10.5 Å². The molecule has 2 N–H and O–H groups in total. The molecule has 0 aliphatic carbocycles. The van der Waals surface area contributed by atoms with Crippen molar-refractivity contribution in [3.8, 4) is 17.2 Å². The number of ether oxygens (including phenoxy) is 3. The Balaban J connectivity index is 1.55. The van der Waals surface area contributed by atoms with Gasteiger partial charge in [0.15, 0.2) is 11.5 Å². The molecule has 5 rings (SSSR count). The van der Waals surface area contributed by atoms with Crippen LogP contribution in [0.25, 0.3) is 0 Å². The van der Waals surface area contributed by atoms with Gasteiger partial charge >= 0.3 is 0 Å². The molecule has 0 saturated carbocycles. The van der Waals surface area contributed by atoms with Crippen molar-refractivity contribution in [3.63, 3.8) is 0 Å². The molecule has 1 atom stereocenters. The topological polar surface area (TPSA) is 99.5 Å². The zero-order valence-corrected chi connectivity index (χ0v) is 23.8. The second-order valence-corrected chi connectivity index (χ2v) is 10.2. The van der Waals surface area contributed by atoms with Crippen LogP contribution in [0.2, 0.25) is 0 Å². The molecule has 1 amide bonds. The Bertz CT molecular complexity index is 1560. The van der Waals surface area contributed by atoms with E-state index in [2.05, 4.69) is 29.7 Å². The van der Waals surface area contributed by atoms with Crippen LogP contribution in [0.1, 0.15) is 29.7 Å². The molecule has 0 saturated heterocycles. The summed E-state index contributed by atoms with van der Waals surface area (Å²) in [7, 11) is 4.77. The third-order valence-electron chi connectivity index (χ3n) is 6.77. The third kappa shape index (κ3) is 5.35. The molecule has 1 aromatic heterocycles. The monoisotopic (exact) mass is 557 g/mol. The van der Waals surface area contributed by atoms with Gasteiger partial charge in [-0.2, -0.15) is 4.98 Å². The molecular formula is C30H31N5O4S. The zero-order valence-electron chi connectivity index (χ0n) is 23.0. The van der Waals surface area contributed by atoms with Crippen molar-refractivity contribution in [1.29, 1.82) is 0 Å².